The number of carbonyl (C=O) groups is 1. The van der Waals surface area contributed by atoms with E-state index in [1.807, 2.05) is 0 Å². The van der Waals surface area contributed by atoms with Gasteiger partial charge >= 0.3 is 0 Å². The predicted molar refractivity (Wildman–Crippen MR) is 70.7 cm³/mol. The summed E-state index contributed by atoms with van der Waals surface area (Å²) < 4.78 is 18.9. The van der Waals surface area contributed by atoms with Gasteiger partial charge in [0.25, 0.3) is 0 Å². The lowest BCUT2D eigenvalue weighted by Crippen LogP contribution is -2.31. The Hall–Kier alpha value is -1.68. The van der Waals surface area contributed by atoms with Crippen LogP contribution in [0.2, 0.25) is 0 Å². The Morgan fingerprint density at radius 2 is 2.37 bits per heavy atom. The average Bonchev–Trinajstić information content (AvgIpc) is 2.85. The van der Waals surface area contributed by atoms with Gasteiger partial charge in [-0.2, -0.15) is 0 Å². The van der Waals surface area contributed by atoms with Crippen LogP contribution in [-0.2, 0) is 0 Å². The number of benzene rings is 1. The molecule has 2 aromatic rings. The lowest BCUT2D eigenvalue weighted by Gasteiger charge is -2.21. The molecule has 1 aromatic heterocycles. The van der Waals surface area contributed by atoms with Gasteiger partial charge in [-0.3, -0.25) is 4.79 Å². The number of halogens is 1. The Bertz CT molecular complexity index is 599. The van der Waals surface area contributed by atoms with E-state index in [0.29, 0.717) is 17.7 Å². The van der Waals surface area contributed by atoms with E-state index in [2.05, 4.69) is 5.32 Å². The maximum absolute atomic E-state index is 13.5. The van der Waals surface area contributed by atoms with Gasteiger partial charge in [0.1, 0.15) is 0 Å². The van der Waals surface area contributed by atoms with E-state index in [-0.39, 0.29) is 17.1 Å². The highest BCUT2D eigenvalue weighted by Gasteiger charge is 2.20. The number of hydrogen-bond donors (Lipinski definition) is 1. The van der Waals surface area contributed by atoms with Crippen molar-refractivity contribution < 1.29 is 13.6 Å². The van der Waals surface area contributed by atoms with Crippen molar-refractivity contribution in [2.75, 3.05) is 13.1 Å². The molecule has 0 aliphatic carbocycles. The number of furan rings is 1. The van der Waals surface area contributed by atoms with Crippen molar-refractivity contribution in [3.63, 3.8) is 0 Å². The van der Waals surface area contributed by atoms with Crippen LogP contribution in [0.5, 0.6) is 0 Å². The van der Waals surface area contributed by atoms with Gasteiger partial charge in [0.15, 0.2) is 22.9 Å². The van der Waals surface area contributed by atoms with E-state index in [9.17, 15) is 9.18 Å². The van der Waals surface area contributed by atoms with Crippen LogP contribution in [0.4, 0.5) is 4.39 Å². The van der Waals surface area contributed by atoms with Gasteiger partial charge in [0, 0.05) is 11.8 Å². The maximum atomic E-state index is 13.5. The number of fused-ring (bicyclic) bond motifs is 1. The van der Waals surface area contributed by atoms with Gasteiger partial charge in [-0.05, 0) is 44.0 Å². The summed E-state index contributed by atoms with van der Waals surface area (Å²) in [6.07, 6.45) is 2.63. The standard InChI is InChI=1S/C15H16FNO2/c16-12-5-1-4-11-8-14(19-15(11)12)13(18)7-10-3-2-6-17-9-10/h1,4-5,8,10,17H,2-3,6-7,9H2. The van der Waals surface area contributed by atoms with Crippen LogP contribution >= 0.6 is 0 Å². The molecule has 0 saturated carbocycles. The zero-order valence-corrected chi connectivity index (χ0v) is 10.6. The molecule has 1 aromatic carbocycles. The first-order chi connectivity index (χ1) is 9.24. The minimum Gasteiger partial charge on any atom is -0.450 e. The van der Waals surface area contributed by atoms with Crippen LogP contribution in [0.1, 0.15) is 29.8 Å². The van der Waals surface area contributed by atoms with Crippen LogP contribution in [0, 0.1) is 11.7 Å². The van der Waals surface area contributed by atoms with Gasteiger partial charge in [-0.15, -0.1) is 0 Å². The summed E-state index contributed by atoms with van der Waals surface area (Å²) in [5, 5.41) is 3.93. The van der Waals surface area contributed by atoms with E-state index in [1.165, 1.54) is 6.07 Å². The Kier molecular flexibility index (Phi) is 3.34. The fourth-order valence-corrected chi connectivity index (χ4v) is 2.63. The van der Waals surface area contributed by atoms with Crippen molar-refractivity contribution in [2.45, 2.75) is 19.3 Å². The largest absolute Gasteiger partial charge is 0.450 e. The first-order valence-electron chi connectivity index (χ1n) is 6.66. The number of ketones is 1. The SMILES string of the molecule is O=C(CC1CCCNC1)c1cc2cccc(F)c2o1. The monoisotopic (exact) mass is 261 g/mol. The molecule has 1 fully saturated rings. The van der Waals surface area contributed by atoms with Crippen molar-refractivity contribution in [2.24, 2.45) is 5.92 Å². The highest BCUT2D eigenvalue weighted by atomic mass is 19.1. The molecule has 0 spiro atoms. The highest BCUT2D eigenvalue weighted by Crippen LogP contribution is 2.24. The third kappa shape index (κ3) is 2.54. The van der Waals surface area contributed by atoms with Crippen LogP contribution in [-0.4, -0.2) is 18.9 Å². The third-order valence-electron chi connectivity index (χ3n) is 3.64. The Balaban J connectivity index is 1.79. The third-order valence-corrected chi connectivity index (χ3v) is 3.64. The minimum atomic E-state index is -0.420. The quantitative estimate of drug-likeness (QED) is 0.863. The van der Waals surface area contributed by atoms with Crippen molar-refractivity contribution >= 4 is 16.8 Å². The molecular formula is C15H16FNO2. The van der Waals surface area contributed by atoms with Gasteiger partial charge in [-0.25, -0.2) is 4.39 Å². The molecule has 0 bridgehead atoms. The zero-order valence-electron chi connectivity index (χ0n) is 10.6. The molecule has 1 aliphatic heterocycles. The summed E-state index contributed by atoms with van der Waals surface area (Å²) in [6.45, 7) is 1.90. The molecule has 0 radical (unpaired) electrons. The lowest BCUT2D eigenvalue weighted by atomic mass is 9.93. The number of rotatable bonds is 3. The molecule has 0 amide bonds. The molecule has 3 rings (SSSR count). The second-order valence-corrected chi connectivity index (χ2v) is 5.11. The topological polar surface area (TPSA) is 42.2 Å². The molecule has 1 unspecified atom stereocenters. The summed E-state index contributed by atoms with van der Waals surface area (Å²) in [7, 11) is 0. The maximum Gasteiger partial charge on any atom is 0.198 e. The molecule has 1 N–H and O–H groups in total. The number of piperidine rings is 1. The molecule has 1 saturated heterocycles. The second kappa shape index (κ2) is 5.13. The second-order valence-electron chi connectivity index (χ2n) is 5.11. The van der Waals surface area contributed by atoms with Crippen LogP contribution < -0.4 is 5.32 Å². The summed E-state index contributed by atoms with van der Waals surface area (Å²) in [5.41, 5.74) is 0.174. The summed E-state index contributed by atoms with van der Waals surface area (Å²) in [6, 6.07) is 6.34. The van der Waals surface area contributed by atoms with Crippen LogP contribution in [0.25, 0.3) is 11.0 Å². The smallest absolute Gasteiger partial charge is 0.198 e. The normalized spacial score (nSPS) is 19.7. The van der Waals surface area contributed by atoms with E-state index in [1.54, 1.807) is 18.2 Å². The molecule has 2 heterocycles. The number of para-hydroxylation sites is 1. The van der Waals surface area contributed by atoms with Gasteiger partial charge in [0.2, 0.25) is 0 Å². The number of nitrogens with one attached hydrogen (secondary N) is 1. The Morgan fingerprint density at radius 3 is 3.11 bits per heavy atom. The van der Waals surface area contributed by atoms with Gasteiger partial charge in [-0.1, -0.05) is 12.1 Å². The van der Waals surface area contributed by atoms with Gasteiger partial charge in [0.05, 0.1) is 0 Å². The minimum absolute atomic E-state index is 0.0377. The van der Waals surface area contributed by atoms with Gasteiger partial charge < -0.3 is 9.73 Å². The van der Waals surface area contributed by atoms with E-state index in [4.69, 9.17) is 4.42 Å². The number of carbonyl (C=O) groups excluding carboxylic acids is 1. The molecule has 1 atom stereocenters. The summed E-state index contributed by atoms with van der Waals surface area (Å²) in [5.74, 6) is 0.171. The van der Waals surface area contributed by atoms with Crippen LogP contribution in [0.3, 0.4) is 0 Å². The molecule has 3 nitrogen and oxygen atoms in total. The fourth-order valence-electron chi connectivity index (χ4n) is 2.63. The van der Waals surface area contributed by atoms with Crippen molar-refractivity contribution in [3.05, 3.63) is 35.8 Å². The first-order valence-corrected chi connectivity index (χ1v) is 6.66. The molecule has 100 valence electrons. The van der Waals surface area contributed by atoms with Crippen molar-refractivity contribution in [1.82, 2.24) is 5.32 Å². The average molecular weight is 261 g/mol. The molecular weight excluding hydrogens is 245 g/mol. The summed E-state index contributed by atoms with van der Waals surface area (Å²) in [4.78, 5) is 12.1. The first kappa shape index (κ1) is 12.4. The summed E-state index contributed by atoms with van der Waals surface area (Å²) >= 11 is 0. The molecule has 4 heteroatoms. The van der Waals surface area contributed by atoms with E-state index in [0.717, 1.165) is 25.9 Å². The Morgan fingerprint density at radius 1 is 1.47 bits per heavy atom. The van der Waals surface area contributed by atoms with E-state index < -0.39 is 5.82 Å². The number of Topliss-reactive ketones (excluding diaryl/α,β-unsaturated/α-hetero) is 1. The fraction of sp³-hybridized carbons (Fsp3) is 0.400. The van der Waals surface area contributed by atoms with Crippen molar-refractivity contribution in [3.8, 4) is 0 Å². The lowest BCUT2D eigenvalue weighted by molar-refractivity contribution is 0.0928. The predicted octanol–water partition coefficient (Wildman–Crippen LogP) is 3.14. The van der Waals surface area contributed by atoms with Crippen LogP contribution in [0.15, 0.2) is 28.7 Å². The highest BCUT2D eigenvalue weighted by molar-refractivity contribution is 5.97. The van der Waals surface area contributed by atoms with Crippen molar-refractivity contribution in [1.29, 1.82) is 0 Å². The zero-order chi connectivity index (χ0) is 13.2. The van der Waals surface area contributed by atoms with E-state index >= 15 is 0 Å². The molecule has 1 aliphatic rings. The molecule has 19 heavy (non-hydrogen) atoms. The number of hydrogen-bond acceptors (Lipinski definition) is 3. The Labute approximate surface area is 110 Å².